The Kier molecular flexibility index (Phi) is 8.21. The summed E-state index contributed by atoms with van der Waals surface area (Å²) in [6, 6.07) is 8.26. The molecular weight excluding hydrogens is 552 g/mol. The predicted octanol–water partition coefficient (Wildman–Crippen LogP) is 5.97. The second-order valence-electron chi connectivity index (χ2n) is 10.2. The lowest BCUT2D eigenvalue weighted by Crippen LogP contribution is -2.44. The number of amides is 1. The number of aryl methyl sites for hydroxylation is 1. The molecule has 0 saturated carbocycles. The summed E-state index contributed by atoms with van der Waals surface area (Å²) < 4.78 is 87.3. The van der Waals surface area contributed by atoms with Crippen LogP contribution in [-0.4, -0.2) is 49.1 Å². The Morgan fingerprint density at radius 1 is 0.951 bits per heavy atom. The fraction of sp³-hybridized carbons (Fsp3) is 0.393. The number of rotatable bonds is 6. The van der Waals surface area contributed by atoms with Gasteiger partial charge in [-0.15, -0.1) is 0 Å². The van der Waals surface area contributed by atoms with E-state index in [4.69, 9.17) is 4.74 Å². The molecule has 3 aromatic rings. The molecule has 7 nitrogen and oxygen atoms in total. The SMILES string of the molecule is Cc1ccccc1Oc1nc(N2CCNCC2)ncc1N(C)C(=O)C(C)(C)c1cc(C(F)(F)F)cc(C(F)(F)F)c1. The number of carbonyl (C=O) groups is 1. The van der Waals surface area contributed by atoms with Crippen molar-refractivity contribution in [3.63, 3.8) is 0 Å². The fourth-order valence-corrected chi connectivity index (χ4v) is 4.42. The minimum atomic E-state index is -5.05. The van der Waals surface area contributed by atoms with Crippen molar-refractivity contribution in [2.45, 2.75) is 38.5 Å². The van der Waals surface area contributed by atoms with Crippen molar-refractivity contribution in [1.82, 2.24) is 15.3 Å². The molecule has 1 amide bonds. The van der Waals surface area contributed by atoms with Gasteiger partial charge in [0, 0.05) is 33.2 Å². The number of nitrogens with zero attached hydrogens (tertiary/aromatic N) is 4. The Morgan fingerprint density at radius 2 is 1.51 bits per heavy atom. The van der Waals surface area contributed by atoms with Gasteiger partial charge in [0.25, 0.3) is 0 Å². The monoisotopic (exact) mass is 581 g/mol. The molecule has 1 saturated heterocycles. The Bertz CT molecular complexity index is 1390. The first-order chi connectivity index (χ1) is 19.1. The molecule has 220 valence electrons. The van der Waals surface area contributed by atoms with Gasteiger partial charge in [0.05, 0.1) is 22.7 Å². The summed E-state index contributed by atoms with van der Waals surface area (Å²) in [6.07, 6.45) is -8.74. The van der Waals surface area contributed by atoms with Gasteiger partial charge in [-0.1, -0.05) is 18.2 Å². The average molecular weight is 582 g/mol. The number of para-hydroxylation sites is 1. The van der Waals surface area contributed by atoms with Crippen molar-refractivity contribution in [1.29, 1.82) is 0 Å². The number of aromatic nitrogens is 2. The molecule has 0 radical (unpaired) electrons. The molecule has 1 aliphatic rings. The number of benzene rings is 2. The van der Waals surface area contributed by atoms with E-state index in [1.165, 1.54) is 27.1 Å². The maximum absolute atomic E-state index is 13.8. The van der Waals surface area contributed by atoms with Crippen molar-refractivity contribution in [2.24, 2.45) is 0 Å². The molecule has 1 aromatic heterocycles. The summed E-state index contributed by atoms with van der Waals surface area (Å²) in [4.78, 5) is 25.7. The van der Waals surface area contributed by atoms with E-state index in [-0.39, 0.29) is 17.6 Å². The summed E-state index contributed by atoms with van der Waals surface area (Å²) in [5.74, 6) is 0.0192. The van der Waals surface area contributed by atoms with E-state index in [0.29, 0.717) is 50.0 Å². The maximum atomic E-state index is 13.8. The number of likely N-dealkylation sites (N-methyl/N-ethyl adjacent to an activating group) is 1. The van der Waals surface area contributed by atoms with Crippen LogP contribution in [-0.2, 0) is 22.6 Å². The van der Waals surface area contributed by atoms with Crippen LogP contribution in [0.2, 0.25) is 0 Å². The van der Waals surface area contributed by atoms with Gasteiger partial charge < -0.3 is 19.9 Å². The molecule has 1 fully saturated rings. The summed E-state index contributed by atoms with van der Waals surface area (Å²) >= 11 is 0. The highest BCUT2D eigenvalue weighted by Crippen LogP contribution is 2.40. The molecular formula is C28H29F6N5O2. The second kappa shape index (κ2) is 11.2. The molecule has 0 spiro atoms. The van der Waals surface area contributed by atoms with Crippen LogP contribution < -0.4 is 19.9 Å². The van der Waals surface area contributed by atoms with Gasteiger partial charge in [-0.3, -0.25) is 4.79 Å². The van der Waals surface area contributed by atoms with Crippen LogP contribution in [0.25, 0.3) is 0 Å². The lowest BCUT2D eigenvalue weighted by molar-refractivity contribution is -0.143. The number of alkyl halides is 6. The van der Waals surface area contributed by atoms with Gasteiger partial charge in [-0.05, 0) is 56.2 Å². The smallest absolute Gasteiger partial charge is 0.416 e. The molecule has 2 aromatic carbocycles. The Labute approximate surface area is 233 Å². The fourth-order valence-electron chi connectivity index (χ4n) is 4.42. The van der Waals surface area contributed by atoms with Crippen molar-refractivity contribution < 1.29 is 35.9 Å². The summed E-state index contributed by atoms with van der Waals surface area (Å²) in [7, 11) is 1.34. The third-order valence-electron chi connectivity index (χ3n) is 6.93. The zero-order chi connectivity index (χ0) is 30.2. The number of anilines is 2. The molecule has 1 aliphatic heterocycles. The summed E-state index contributed by atoms with van der Waals surface area (Å²) in [5, 5.41) is 3.23. The summed E-state index contributed by atoms with van der Waals surface area (Å²) in [5.41, 5.74) is -4.40. The number of carbonyl (C=O) groups excluding carboxylic acids is 1. The molecule has 2 heterocycles. The maximum Gasteiger partial charge on any atom is 0.416 e. The van der Waals surface area contributed by atoms with Crippen LogP contribution in [0.4, 0.5) is 38.0 Å². The normalized spacial score (nSPS) is 14.6. The first-order valence-electron chi connectivity index (χ1n) is 12.7. The van der Waals surface area contributed by atoms with Crippen LogP contribution in [0, 0.1) is 6.92 Å². The Hall–Kier alpha value is -3.87. The van der Waals surface area contributed by atoms with Crippen molar-refractivity contribution in [2.75, 3.05) is 43.0 Å². The predicted molar refractivity (Wildman–Crippen MR) is 141 cm³/mol. The van der Waals surface area contributed by atoms with Gasteiger partial charge in [-0.2, -0.15) is 31.3 Å². The molecule has 4 rings (SSSR count). The van der Waals surface area contributed by atoms with E-state index in [2.05, 4.69) is 15.3 Å². The van der Waals surface area contributed by atoms with Gasteiger partial charge >= 0.3 is 12.4 Å². The molecule has 0 bridgehead atoms. The minimum absolute atomic E-state index is 0.00880. The van der Waals surface area contributed by atoms with Crippen LogP contribution in [0.15, 0.2) is 48.7 Å². The molecule has 1 N–H and O–H groups in total. The highest BCUT2D eigenvalue weighted by atomic mass is 19.4. The molecule has 13 heteroatoms. The highest BCUT2D eigenvalue weighted by molar-refractivity contribution is 6.01. The van der Waals surface area contributed by atoms with Crippen LogP contribution >= 0.6 is 0 Å². The number of nitrogens with one attached hydrogen (secondary N) is 1. The molecule has 41 heavy (non-hydrogen) atoms. The van der Waals surface area contributed by atoms with Crippen LogP contribution in [0.3, 0.4) is 0 Å². The Morgan fingerprint density at radius 3 is 2.07 bits per heavy atom. The van der Waals surface area contributed by atoms with Crippen molar-refractivity contribution >= 4 is 17.5 Å². The zero-order valence-corrected chi connectivity index (χ0v) is 22.8. The number of halogens is 6. The largest absolute Gasteiger partial charge is 0.437 e. The standard InChI is InChI=1S/C28H29F6N5O2/c1-17-7-5-6-8-22(17)41-23-21(16-36-25(37-23)39-11-9-35-10-12-39)38(4)24(40)26(2,3)18-13-19(27(29,30)31)15-20(14-18)28(32,33)34/h5-8,13-16,35H,9-12H2,1-4H3. The van der Waals surface area contributed by atoms with Crippen LogP contribution in [0.5, 0.6) is 11.6 Å². The number of hydrogen-bond acceptors (Lipinski definition) is 6. The van der Waals surface area contributed by atoms with E-state index < -0.39 is 40.4 Å². The average Bonchev–Trinajstić information content (AvgIpc) is 2.92. The quantitative estimate of drug-likeness (QED) is 0.362. The molecule has 0 unspecified atom stereocenters. The summed E-state index contributed by atoms with van der Waals surface area (Å²) in [6.45, 7) is 7.02. The van der Waals surface area contributed by atoms with Crippen LogP contribution in [0.1, 0.15) is 36.1 Å². The van der Waals surface area contributed by atoms with Crippen molar-refractivity contribution in [3.8, 4) is 11.6 Å². The van der Waals surface area contributed by atoms with Gasteiger partial charge in [0.1, 0.15) is 11.4 Å². The first-order valence-corrected chi connectivity index (χ1v) is 12.7. The van der Waals surface area contributed by atoms with E-state index in [1.54, 1.807) is 12.1 Å². The van der Waals surface area contributed by atoms with Crippen molar-refractivity contribution in [3.05, 3.63) is 70.9 Å². The third kappa shape index (κ3) is 6.55. The third-order valence-corrected chi connectivity index (χ3v) is 6.93. The minimum Gasteiger partial charge on any atom is -0.437 e. The van der Waals surface area contributed by atoms with Gasteiger partial charge in [0.15, 0.2) is 0 Å². The van der Waals surface area contributed by atoms with Gasteiger partial charge in [-0.25, -0.2) is 4.98 Å². The van der Waals surface area contributed by atoms with E-state index in [1.807, 2.05) is 24.0 Å². The second-order valence-corrected chi connectivity index (χ2v) is 10.2. The molecule has 0 aliphatic carbocycles. The number of ether oxygens (including phenoxy) is 1. The first kappa shape index (κ1) is 30.1. The number of piperazine rings is 1. The Balaban J connectivity index is 1.76. The van der Waals surface area contributed by atoms with Gasteiger partial charge in [0.2, 0.25) is 17.7 Å². The van der Waals surface area contributed by atoms with E-state index in [0.717, 1.165) is 10.5 Å². The lowest BCUT2D eigenvalue weighted by Gasteiger charge is -2.32. The van der Waals surface area contributed by atoms with E-state index in [9.17, 15) is 31.1 Å². The topological polar surface area (TPSA) is 70.6 Å². The highest BCUT2D eigenvalue weighted by Gasteiger charge is 2.41. The zero-order valence-electron chi connectivity index (χ0n) is 22.8. The van der Waals surface area contributed by atoms with E-state index >= 15 is 0 Å². The number of hydrogen-bond donors (Lipinski definition) is 1. The molecule has 0 atom stereocenters. The lowest BCUT2D eigenvalue weighted by atomic mass is 9.81.